The molecule has 6 nitrogen and oxygen atoms in total. The molecular weight excluding hydrogens is 282 g/mol. The fourth-order valence-electron chi connectivity index (χ4n) is 1.74. The minimum atomic E-state index is -3.42. The molecule has 1 amide bonds. The fourth-order valence-corrected chi connectivity index (χ4v) is 2.72. The Balaban J connectivity index is 1.89. The van der Waals surface area contributed by atoms with E-state index in [-0.39, 0.29) is 19.1 Å². The van der Waals surface area contributed by atoms with E-state index in [0.717, 1.165) is 5.56 Å². The number of hydrogen-bond donors (Lipinski definition) is 1. The van der Waals surface area contributed by atoms with Gasteiger partial charge in [-0.3, -0.25) is 4.79 Å². The predicted molar refractivity (Wildman–Crippen MR) is 73.3 cm³/mol. The number of sulfone groups is 1. The number of carbonyl (C=O) groups excluding carboxylic acids is 1. The standard InChI is InChI=1S/C13H15NO5S/c1-2-5-20(16,17)8-13(15)14-7-10-3-4-11-12(6-10)19-9-18-11/h2-4,6H,1,5,7-9H2,(H,14,15). The van der Waals surface area contributed by atoms with Crippen LogP contribution in [0.5, 0.6) is 11.5 Å². The Kier molecular flexibility index (Phi) is 4.29. The van der Waals surface area contributed by atoms with Gasteiger partial charge in [-0.15, -0.1) is 6.58 Å². The van der Waals surface area contributed by atoms with E-state index < -0.39 is 21.5 Å². The van der Waals surface area contributed by atoms with Crippen LogP contribution in [0, 0.1) is 0 Å². The lowest BCUT2D eigenvalue weighted by Gasteiger charge is -2.06. The van der Waals surface area contributed by atoms with Crippen LogP contribution in [-0.2, 0) is 21.2 Å². The molecule has 0 unspecified atom stereocenters. The number of fused-ring (bicyclic) bond motifs is 1. The molecular formula is C13H15NO5S. The van der Waals surface area contributed by atoms with Crippen LogP contribution in [0.1, 0.15) is 5.56 Å². The molecule has 0 aromatic heterocycles. The van der Waals surface area contributed by atoms with Gasteiger partial charge >= 0.3 is 0 Å². The maximum Gasteiger partial charge on any atom is 0.235 e. The highest BCUT2D eigenvalue weighted by Crippen LogP contribution is 2.32. The first-order valence-corrected chi connectivity index (χ1v) is 7.79. The van der Waals surface area contributed by atoms with Crippen LogP contribution in [0.25, 0.3) is 0 Å². The van der Waals surface area contributed by atoms with Gasteiger partial charge in [-0.1, -0.05) is 12.1 Å². The average molecular weight is 297 g/mol. The van der Waals surface area contributed by atoms with E-state index in [1.807, 2.05) is 0 Å². The summed E-state index contributed by atoms with van der Waals surface area (Å²) in [5.41, 5.74) is 0.809. The van der Waals surface area contributed by atoms with Crippen LogP contribution in [0.15, 0.2) is 30.9 Å². The van der Waals surface area contributed by atoms with Gasteiger partial charge in [0, 0.05) is 6.54 Å². The molecule has 0 saturated heterocycles. The molecule has 1 heterocycles. The first-order valence-electron chi connectivity index (χ1n) is 5.97. The van der Waals surface area contributed by atoms with Crippen molar-refractivity contribution in [3.63, 3.8) is 0 Å². The van der Waals surface area contributed by atoms with Crippen LogP contribution >= 0.6 is 0 Å². The molecule has 0 fully saturated rings. The largest absolute Gasteiger partial charge is 0.454 e. The molecule has 0 spiro atoms. The van der Waals surface area contributed by atoms with Gasteiger partial charge < -0.3 is 14.8 Å². The second-order valence-electron chi connectivity index (χ2n) is 4.31. The summed E-state index contributed by atoms with van der Waals surface area (Å²) in [6.45, 7) is 3.76. The van der Waals surface area contributed by atoms with Gasteiger partial charge in [0.15, 0.2) is 21.3 Å². The molecule has 0 radical (unpaired) electrons. The lowest BCUT2D eigenvalue weighted by molar-refractivity contribution is -0.118. The Morgan fingerprint density at radius 2 is 2.10 bits per heavy atom. The first-order chi connectivity index (χ1) is 9.50. The zero-order chi connectivity index (χ0) is 14.6. The normalized spacial score (nSPS) is 13.0. The van der Waals surface area contributed by atoms with Crippen molar-refractivity contribution in [1.82, 2.24) is 5.32 Å². The zero-order valence-corrected chi connectivity index (χ0v) is 11.6. The second-order valence-corrected chi connectivity index (χ2v) is 6.42. The number of benzene rings is 1. The molecule has 1 aliphatic rings. The van der Waals surface area contributed by atoms with Crippen molar-refractivity contribution < 1.29 is 22.7 Å². The van der Waals surface area contributed by atoms with E-state index in [4.69, 9.17) is 9.47 Å². The van der Waals surface area contributed by atoms with Crippen molar-refractivity contribution in [2.75, 3.05) is 18.3 Å². The number of carbonyl (C=O) groups is 1. The van der Waals surface area contributed by atoms with Crippen molar-refractivity contribution in [2.45, 2.75) is 6.54 Å². The minimum Gasteiger partial charge on any atom is -0.454 e. The molecule has 1 aromatic carbocycles. The van der Waals surface area contributed by atoms with Gasteiger partial charge in [0.2, 0.25) is 12.7 Å². The molecule has 2 rings (SSSR count). The lowest BCUT2D eigenvalue weighted by atomic mass is 10.2. The Labute approximate surface area is 117 Å². The molecule has 7 heteroatoms. The summed E-state index contributed by atoms with van der Waals surface area (Å²) in [5.74, 6) is 0.00257. The third-order valence-electron chi connectivity index (χ3n) is 2.65. The van der Waals surface area contributed by atoms with Crippen molar-refractivity contribution in [1.29, 1.82) is 0 Å². The summed E-state index contributed by atoms with van der Waals surface area (Å²) in [6.07, 6.45) is 1.26. The maximum atomic E-state index is 11.6. The van der Waals surface area contributed by atoms with Gasteiger partial charge in [-0.25, -0.2) is 8.42 Å². The Morgan fingerprint density at radius 3 is 2.85 bits per heavy atom. The fraction of sp³-hybridized carbons (Fsp3) is 0.308. The van der Waals surface area contributed by atoms with E-state index in [2.05, 4.69) is 11.9 Å². The molecule has 108 valence electrons. The van der Waals surface area contributed by atoms with E-state index in [0.29, 0.717) is 11.5 Å². The molecule has 1 aliphatic heterocycles. The highest BCUT2D eigenvalue weighted by Gasteiger charge is 2.16. The van der Waals surface area contributed by atoms with Gasteiger partial charge in [-0.2, -0.15) is 0 Å². The van der Waals surface area contributed by atoms with E-state index >= 15 is 0 Å². The summed E-state index contributed by atoms with van der Waals surface area (Å²) < 4.78 is 33.3. The topological polar surface area (TPSA) is 81.7 Å². The Hall–Kier alpha value is -2.02. The smallest absolute Gasteiger partial charge is 0.235 e. The van der Waals surface area contributed by atoms with Crippen LogP contribution < -0.4 is 14.8 Å². The van der Waals surface area contributed by atoms with Gasteiger partial charge in [-0.05, 0) is 17.7 Å². The summed E-state index contributed by atoms with van der Waals surface area (Å²) >= 11 is 0. The maximum absolute atomic E-state index is 11.6. The molecule has 0 aliphatic carbocycles. The van der Waals surface area contributed by atoms with Gasteiger partial charge in [0.05, 0.1) is 5.75 Å². The summed E-state index contributed by atoms with van der Waals surface area (Å²) in [5, 5.41) is 2.56. The van der Waals surface area contributed by atoms with Gasteiger partial charge in [0.25, 0.3) is 0 Å². The number of nitrogens with one attached hydrogen (secondary N) is 1. The number of rotatable bonds is 6. The molecule has 0 atom stereocenters. The van der Waals surface area contributed by atoms with Crippen LogP contribution in [0.2, 0.25) is 0 Å². The number of hydrogen-bond acceptors (Lipinski definition) is 5. The Morgan fingerprint density at radius 1 is 1.35 bits per heavy atom. The third-order valence-corrected chi connectivity index (χ3v) is 4.10. The second kappa shape index (κ2) is 5.96. The molecule has 20 heavy (non-hydrogen) atoms. The summed E-state index contributed by atoms with van der Waals surface area (Å²) in [6, 6.07) is 5.28. The van der Waals surface area contributed by atoms with Crippen molar-refractivity contribution >= 4 is 15.7 Å². The number of amides is 1. The SMILES string of the molecule is C=CCS(=O)(=O)CC(=O)NCc1ccc2c(c1)OCO2. The quantitative estimate of drug-likeness (QED) is 0.779. The van der Waals surface area contributed by atoms with Crippen molar-refractivity contribution in [3.05, 3.63) is 36.4 Å². The lowest BCUT2D eigenvalue weighted by Crippen LogP contribution is -2.30. The highest BCUT2D eigenvalue weighted by molar-refractivity contribution is 7.92. The first kappa shape index (κ1) is 14.4. The third kappa shape index (κ3) is 3.74. The predicted octanol–water partition coefficient (Wildman–Crippen LogP) is 0.632. The molecule has 0 bridgehead atoms. The van der Waals surface area contributed by atoms with E-state index in [9.17, 15) is 13.2 Å². The van der Waals surface area contributed by atoms with Gasteiger partial charge in [0.1, 0.15) is 5.75 Å². The molecule has 1 N–H and O–H groups in total. The van der Waals surface area contributed by atoms with Crippen LogP contribution in [0.4, 0.5) is 0 Å². The monoisotopic (exact) mass is 297 g/mol. The highest BCUT2D eigenvalue weighted by atomic mass is 32.2. The molecule has 1 aromatic rings. The van der Waals surface area contributed by atoms with Crippen LogP contribution in [-0.4, -0.2) is 32.6 Å². The average Bonchev–Trinajstić information content (AvgIpc) is 2.82. The Bertz CT molecular complexity index is 624. The van der Waals surface area contributed by atoms with Crippen molar-refractivity contribution in [3.8, 4) is 11.5 Å². The summed E-state index contributed by atoms with van der Waals surface area (Å²) in [7, 11) is -3.42. The van der Waals surface area contributed by atoms with E-state index in [1.165, 1.54) is 6.08 Å². The summed E-state index contributed by atoms with van der Waals surface area (Å²) in [4.78, 5) is 11.6. The van der Waals surface area contributed by atoms with Crippen LogP contribution in [0.3, 0.4) is 0 Å². The number of ether oxygens (including phenoxy) is 2. The minimum absolute atomic E-state index is 0.185. The molecule has 0 saturated carbocycles. The zero-order valence-electron chi connectivity index (χ0n) is 10.8. The van der Waals surface area contributed by atoms with Crippen molar-refractivity contribution in [2.24, 2.45) is 0 Å². The van der Waals surface area contributed by atoms with E-state index in [1.54, 1.807) is 18.2 Å².